The Morgan fingerprint density at radius 2 is 0.700 bits per heavy atom. The second-order valence-corrected chi connectivity index (χ2v) is 12.5. The van der Waals surface area contributed by atoms with Crippen LogP contribution in [0.3, 0.4) is 0 Å². The van der Waals surface area contributed by atoms with Gasteiger partial charge in [0.2, 0.25) is 0 Å². The van der Waals surface area contributed by atoms with Crippen LogP contribution in [0.5, 0.6) is 0 Å². The highest BCUT2D eigenvalue weighted by Gasteiger charge is 2.17. The lowest BCUT2D eigenvalue weighted by molar-refractivity contribution is 0.664. The van der Waals surface area contributed by atoms with E-state index in [0.717, 1.165) is 71.7 Å². The fourth-order valence-corrected chi connectivity index (χ4v) is 6.83. The summed E-state index contributed by atoms with van der Waals surface area (Å²) in [5, 5.41) is 4.13. The van der Waals surface area contributed by atoms with Crippen molar-refractivity contribution in [1.82, 2.24) is 15.0 Å². The normalized spacial score (nSPS) is 11.6. The third kappa shape index (κ3) is 4.83. The van der Waals surface area contributed by atoms with E-state index >= 15 is 0 Å². The Morgan fingerprint density at radius 3 is 1.38 bits per heavy atom. The number of aromatic nitrogens is 3. The van der Waals surface area contributed by atoms with Gasteiger partial charge in [-0.05, 0) is 64.7 Å². The van der Waals surface area contributed by atoms with E-state index in [0.29, 0.717) is 17.5 Å². The first-order chi connectivity index (χ1) is 24.7. The number of nitrogens with zero attached hydrogens (tertiary/aromatic N) is 3. The van der Waals surface area contributed by atoms with Gasteiger partial charge in [0.15, 0.2) is 17.5 Å². The number of benzene rings is 7. The summed E-state index contributed by atoms with van der Waals surface area (Å²) in [6.07, 6.45) is 0. The van der Waals surface area contributed by atoms with Gasteiger partial charge >= 0.3 is 0 Å². The van der Waals surface area contributed by atoms with Gasteiger partial charge in [0.1, 0.15) is 22.3 Å². The zero-order valence-electron chi connectivity index (χ0n) is 26.7. The summed E-state index contributed by atoms with van der Waals surface area (Å²) >= 11 is 0. The number of fused-ring (bicyclic) bond motifs is 6. The van der Waals surface area contributed by atoms with Gasteiger partial charge in [-0.3, -0.25) is 0 Å². The molecule has 0 atom stereocenters. The van der Waals surface area contributed by atoms with E-state index in [1.54, 1.807) is 0 Å². The van der Waals surface area contributed by atoms with Crippen LogP contribution in [0.25, 0.3) is 100 Å². The minimum Gasteiger partial charge on any atom is -0.456 e. The van der Waals surface area contributed by atoms with Crippen molar-refractivity contribution in [2.45, 2.75) is 0 Å². The predicted octanol–water partition coefficient (Wildman–Crippen LogP) is 12.0. The van der Waals surface area contributed by atoms with E-state index < -0.39 is 0 Å². The molecule has 0 radical (unpaired) electrons. The number of rotatable bonds is 5. The summed E-state index contributed by atoms with van der Waals surface area (Å²) in [5.74, 6) is 1.79. The zero-order valence-corrected chi connectivity index (χ0v) is 26.7. The lowest BCUT2D eigenvalue weighted by Gasteiger charge is -2.10. The Morgan fingerprint density at radius 1 is 0.260 bits per heavy atom. The van der Waals surface area contributed by atoms with Gasteiger partial charge in [0.25, 0.3) is 0 Å². The molecule has 0 spiro atoms. The van der Waals surface area contributed by atoms with Gasteiger partial charge in [0, 0.05) is 38.2 Å². The van der Waals surface area contributed by atoms with Crippen molar-refractivity contribution >= 4 is 43.9 Å². The Labute approximate surface area is 287 Å². The highest BCUT2D eigenvalue weighted by atomic mass is 16.3. The smallest absolute Gasteiger partial charge is 0.164 e. The van der Waals surface area contributed by atoms with Crippen LogP contribution in [-0.4, -0.2) is 15.0 Å². The van der Waals surface area contributed by atoms with Gasteiger partial charge < -0.3 is 8.83 Å². The van der Waals surface area contributed by atoms with Crippen LogP contribution >= 0.6 is 0 Å². The van der Waals surface area contributed by atoms with Crippen LogP contribution in [0.2, 0.25) is 0 Å². The van der Waals surface area contributed by atoms with Gasteiger partial charge in [-0.1, -0.05) is 121 Å². The van der Waals surface area contributed by atoms with Crippen LogP contribution in [0, 0.1) is 0 Å². The lowest BCUT2D eigenvalue weighted by Crippen LogP contribution is -2.00. The zero-order chi connectivity index (χ0) is 33.0. The lowest BCUT2D eigenvalue weighted by atomic mass is 9.98. The summed E-state index contributed by atoms with van der Waals surface area (Å²) in [4.78, 5) is 15.0. The molecule has 5 heteroatoms. The van der Waals surface area contributed by atoms with Crippen molar-refractivity contribution in [3.05, 3.63) is 164 Å². The fraction of sp³-hybridized carbons (Fsp3) is 0. The highest BCUT2D eigenvalue weighted by Crippen LogP contribution is 2.38. The van der Waals surface area contributed by atoms with E-state index in [1.165, 1.54) is 11.1 Å². The third-order valence-electron chi connectivity index (χ3n) is 9.32. The van der Waals surface area contributed by atoms with E-state index in [-0.39, 0.29) is 0 Å². The molecule has 7 aromatic carbocycles. The first-order valence-corrected chi connectivity index (χ1v) is 16.6. The first kappa shape index (κ1) is 28.2. The molecule has 3 aromatic heterocycles. The van der Waals surface area contributed by atoms with Gasteiger partial charge in [-0.15, -0.1) is 0 Å². The van der Waals surface area contributed by atoms with Crippen molar-refractivity contribution in [2.75, 3.05) is 0 Å². The maximum Gasteiger partial charge on any atom is 0.164 e. The van der Waals surface area contributed by atoms with Crippen LogP contribution in [-0.2, 0) is 0 Å². The van der Waals surface area contributed by atoms with Crippen LogP contribution < -0.4 is 0 Å². The van der Waals surface area contributed by atoms with Crippen LogP contribution in [0.1, 0.15) is 0 Å². The Kier molecular flexibility index (Phi) is 6.42. The monoisotopic (exact) mass is 641 g/mol. The molecule has 5 nitrogen and oxygen atoms in total. The molecule has 3 heterocycles. The molecule has 0 aliphatic carbocycles. The molecule has 0 N–H and O–H groups in total. The van der Waals surface area contributed by atoms with Crippen LogP contribution in [0.15, 0.2) is 173 Å². The highest BCUT2D eigenvalue weighted by molar-refractivity contribution is 6.15. The molecule has 234 valence electrons. The number of hydrogen-bond donors (Lipinski definition) is 0. The van der Waals surface area contributed by atoms with Gasteiger partial charge in [0.05, 0.1) is 0 Å². The SMILES string of the molecule is c1ccc(-c2cccc(-c3cccc(-c4nc(-c5ccccc5)nc(-c5ccc6c(c5)oc5cc7c(cc56)oc5ccccc57)n4)c3)c2)cc1. The summed E-state index contributed by atoms with van der Waals surface area (Å²) in [6.45, 7) is 0. The Hall–Kier alpha value is -6.85. The molecule has 0 fully saturated rings. The minimum atomic E-state index is 0.576. The standard InChI is InChI=1S/C45H27N3O2/c1-3-11-28(12-4-1)30-15-9-16-31(23-30)32-17-10-18-33(24-32)44-46-43(29-13-5-2-6-14-29)47-45(48-44)34-21-22-36-38-27-41-37(26-42(38)50-40(36)25-34)35-19-7-8-20-39(35)49-41/h1-27H. The van der Waals surface area contributed by atoms with Crippen molar-refractivity contribution < 1.29 is 8.83 Å². The molecule has 0 bridgehead atoms. The van der Waals surface area contributed by atoms with E-state index in [4.69, 9.17) is 23.8 Å². The molecule has 0 amide bonds. The summed E-state index contributed by atoms with van der Waals surface area (Å²) in [5.41, 5.74) is 10.5. The third-order valence-corrected chi connectivity index (χ3v) is 9.32. The molecule has 0 saturated heterocycles. The molecule has 0 unspecified atom stereocenters. The number of para-hydroxylation sites is 1. The summed E-state index contributed by atoms with van der Waals surface area (Å²) in [6, 6.07) is 55.9. The molecule has 0 saturated carbocycles. The van der Waals surface area contributed by atoms with E-state index in [9.17, 15) is 0 Å². The van der Waals surface area contributed by atoms with Crippen molar-refractivity contribution in [3.8, 4) is 56.4 Å². The van der Waals surface area contributed by atoms with E-state index in [2.05, 4.69) is 103 Å². The van der Waals surface area contributed by atoms with Gasteiger partial charge in [-0.2, -0.15) is 0 Å². The molecular weight excluding hydrogens is 615 g/mol. The molecule has 0 aliphatic rings. The average Bonchev–Trinajstić information content (AvgIpc) is 3.74. The van der Waals surface area contributed by atoms with Crippen LogP contribution in [0.4, 0.5) is 0 Å². The molecular formula is C45H27N3O2. The largest absolute Gasteiger partial charge is 0.456 e. The predicted molar refractivity (Wildman–Crippen MR) is 202 cm³/mol. The van der Waals surface area contributed by atoms with Crippen molar-refractivity contribution in [2.24, 2.45) is 0 Å². The van der Waals surface area contributed by atoms with Crippen molar-refractivity contribution in [1.29, 1.82) is 0 Å². The molecule has 10 aromatic rings. The fourth-order valence-electron chi connectivity index (χ4n) is 6.83. The minimum absolute atomic E-state index is 0.576. The maximum atomic E-state index is 6.46. The van der Waals surface area contributed by atoms with E-state index in [1.807, 2.05) is 60.7 Å². The Bertz CT molecular complexity index is 2870. The number of hydrogen-bond acceptors (Lipinski definition) is 5. The Balaban J connectivity index is 1.09. The second kappa shape index (κ2) is 11.4. The topological polar surface area (TPSA) is 65.0 Å². The maximum absolute atomic E-state index is 6.46. The number of furan rings is 2. The van der Waals surface area contributed by atoms with Gasteiger partial charge in [-0.25, -0.2) is 15.0 Å². The second-order valence-electron chi connectivity index (χ2n) is 12.5. The quantitative estimate of drug-likeness (QED) is 0.187. The molecule has 0 aliphatic heterocycles. The molecule has 10 rings (SSSR count). The first-order valence-electron chi connectivity index (χ1n) is 16.6. The average molecular weight is 642 g/mol. The molecule has 50 heavy (non-hydrogen) atoms. The summed E-state index contributed by atoms with van der Waals surface area (Å²) < 4.78 is 12.6. The van der Waals surface area contributed by atoms with Crippen molar-refractivity contribution in [3.63, 3.8) is 0 Å². The summed E-state index contributed by atoms with van der Waals surface area (Å²) in [7, 11) is 0.